The molecular weight excluding hydrogens is 283 g/mol. The highest BCUT2D eigenvalue weighted by molar-refractivity contribution is 6.29. The van der Waals surface area contributed by atoms with Gasteiger partial charge in [-0.25, -0.2) is 19.2 Å². The molecule has 6 heteroatoms. The van der Waals surface area contributed by atoms with Crippen LogP contribution in [0.25, 0.3) is 11.3 Å². The van der Waals surface area contributed by atoms with Crippen LogP contribution >= 0.6 is 11.6 Å². The molecule has 0 amide bonds. The van der Waals surface area contributed by atoms with E-state index in [9.17, 15) is 9.18 Å². The van der Waals surface area contributed by atoms with Gasteiger partial charge in [0.15, 0.2) is 0 Å². The Labute approximate surface area is 119 Å². The maximum atomic E-state index is 13.5. The minimum absolute atomic E-state index is 0.122. The molecule has 1 aliphatic carbocycles. The van der Waals surface area contributed by atoms with Crippen molar-refractivity contribution in [1.29, 1.82) is 0 Å². The van der Waals surface area contributed by atoms with E-state index < -0.39 is 11.8 Å². The van der Waals surface area contributed by atoms with Gasteiger partial charge in [0.2, 0.25) is 0 Å². The van der Waals surface area contributed by atoms with Crippen molar-refractivity contribution in [3.8, 4) is 11.3 Å². The number of hydrogen-bond acceptors (Lipinski definition) is 3. The molecule has 1 aliphatic rings. The van der Waals surface area contributed by atoms with Gasteiger partial charge < -0.3 is 5.11 Å². The first-order chi connectivity index (χ1) is 9.52. The quantitative estimate of drug-likeness (QED) is 0.879. The van der Waals surface area contributed by atoms with E-state index in [1.165, 1.54) is 18.2 Å². The van der Waals surface area contributed by atoms with Gasteiger partial charge in [-0.05, 0) is 31.0 Å². The molecule has 0 radical (unpaired) electrons. The third-order valence-electron chi connectivity index (χ3n) is 3.10. The van der Waals surface area contributed by atoms with Crippen molar-refractivity contribution in [2.45, 2.75) is 18.8 Å². The Morgan fingerprint density at radius 1 is 1.25 bits per heavy atom. The molecule has 0 aliphatic heterocycles. The van der Waals surface area contributed by atoms with Crippen LogP contribution in [0.4, 0.5) is 4.39 Å². The van der Waals surface area contributed by atoms with Crippen LogP contribution in [-0.4, -0.2) is 21.0 Å². The fraction of sp³-hybridized carbons (Fsp3) is 0.214. The van der Waals surface area contributed by atoms with E-state index in [4.69, 9.17) is 16.7 Å². The van der Waals surface area contributed by atoms with E-state index in [-0.39, 0.29) is 10.7 Å². The Morgan fingerprint density at radius 3 is 2.65 bits per heavy atom. The number of aromatic carboxylic acids is 1. The molecular formula is C14H10ClFN2O2. The number of rotatable bonds is 3. The van der Waals surface area contributed by atoms with Crippen LogP contribution in [-0.2, 0) is 0 Å². The summed E-state index contributed by atoms with van der Waals surface area (Å²) in [5.74, 6) is -0.871. The average Bonchev–Trinajstić information content (AvgIpc) is 3.21. The predicted molar refractivity (Wildman–Crippen MR) is 71.4 cm³/mol. The van der Waals surface area contributed by atoms with Crippen molar-refractivity contribution in [1.82, 2.24) is 9.97 Å². The fourth-order valence-corrected chi connectivity index (χ4v) is 2.16. The zero-order valence-electron chi connectivity index (χ0n) is 10.3. The van der Waals surface area contributed by atoms with Gasteiger partial charge in [-0.2, -0.15) is 0 Å². The van der Waals surface area contributed by atoms with Crippen molar-refractivity contribution >= 4 is 17.6 Å². The number of carboxylic acids is 1. The Bertz CT molecular complexity index is 702. The average molecular weight is 293 g/mol. The highest BCUT2D eigenvalue weighted by Crippen LogP contribution is 2.39. The summed E-state index contributed by atoms with van der Waals surface area (Å²) < 4.78 is 13.5. The van der Waals surface area contributed by atoms with E-state index in [1.807, 2.05) is 0 Å². The molecule has 3 rings (SSSR count). The van der Waals surface area contributed by atoms with E-state index >= 15 is 0 Å². The zero-order valence-corrected chi connectivity index (χ0v) is 11.1. The smallest absolute Gasteiger partial charge is 0.335 e. The molecule has 1 N–H and O–H groups in total. The first kappa shape index (κ1) is 13.0. The van der Waals surface area contributed by atoms with Gasteiger partial charge in [0.05, 0.1) is 11.3 Å². The number of aromatic nitrogens is 2. The second-order valence-electron chi connectivity index (χ2n) is 4.74. The molecule has 1 saturated carbocycles. The molecule has 0 saturated heterocycles. The molecule has 20 heavy (non-hydrogen) atoms. The van der Waals surface area contributed by atoms with Crippen LogP contribution in [0.3, 0.4) is 0 Å². The second-order valence-corrected chi connectivity index (χ2v) is 5.13. The van der Waals surface area contributed by atoms with Gasteiger partial charge >= 0.3 is 5.97 Å². The van der Waals surface area contributed by atoms with E-state index in [0.29, 0.717) is 23.0 Å². The summed E-state index contributed by atoms with van der Waals surface area (Å²) in [6, 6.07) is 5.09. The lowest BCUT2D eigenvalue weighted by Gasteiger charge is -2.06. The summed E-state index contributed by atoms with van der Waals surface area (Å²) in [5, 5.41) is 9.24. The van der Waals surface area contributed by atoms with Crippen LogP contribution in [0.1, 0.15) is 34.9 Å². The topological polar surface area (TPSA) is 63.1 Å². The number of benzene rings is 1. The summed E-state index contributed by atoms with van der Waals surface area (Å²) in [4.78, 5) is 19.5. The van der Waals surface area contributed by atoms with Crippen LogP contribution < -0.4 is 0 Å². The molecule has 102 valence electrons. The van der Waals surface area contributed by atoms with Crippen LogP contribution in [0.15, 0.2) is 24.3 Å². The second kappa shape index (κ2) is 4.83. The predicted octanol–water partition coefficient (Wildman–Crippen LogP) is 3.51. The van der Waals surface area contributed by atoms with Gasteiger partial charge in [0.25, 0.3) is 0 Å². The Kier molecular flexibility index (Phi) is 3.14. The zero-order chi connectivity index (χ0) is 14.3. The number of halogens is 2. The summed E-state index contributed by atoms with van der Waals surface area (Å²) >= 11 is 5.95. The molecule has 0 bridgehead atoms. The number of carboxylic acid groups (broad SMARTS) is 1. The highest BCUT2D eigenvalue weighted by atomic mass is 35.5. The van der Waals surface area contributed by atoms with Crippen molar-refractivity contribution in [2.75, 3.05) is 0 Å². The van der Waals surface area contributed by atoms with Gasteiger partial charge in [-0.3, -0.25) is 0 Å². The first-order valence-electron chi connectivity index (χ1n) is 6.11. The van der Waals surface area contributed by atoms with E-state index in [1.54, 1.807) is 0 Å². The lowest BCUT2D eigenvalue weighted by atomic mass is 10.1. The molecule has 0 atom stereocenters. The number of hydrogen-bond donors (Lipinski definition) is 1. The largest absolute Gasteiger partial charge is 0.478 e. The SMILES string of the molecule is O=C(O)c1cc(F)cc(-c2cc(Cl)nc(C3CC3)n2)c1. The Hall–Kier alpha value is -2.01. The maximum Gasteiger partial charge on any atom is 0.335 e. The van der Waals surface area contributed by atoms with Crippen LogP contribution in [0, 0.1) is 5.82 Å². The lowest BCUT2D eigenvalue weighted by molar-refractivity contribution is 0.0696. The van der Waals surface area contributed by atoms with Gasteiger partial charge in [0, 0.05) is 17.5 Å². The maximum absolute atomic E-state index is 13.5. The molecule has 4 nitrogen and oxygen atoms in total. The first-order valence-corrected chi connectivity index (χ1v) is 6.49. The minimum atomic E-state index is -1.19. The monoisotopic (exact) mass is 292 g/mol. The fourth-order valence-electron chi connectivity index (χ4n) is 1.97. The molecule has 0 spiro atoms. The molecule has 1 heterocycles. The van der Waals surface area contributed by atoms with Crippen LogP contribution in [0.5, 0.6) is 0 Å². The molecule has 2 aromatic rings. The van der Waals surface area contributed by atoms with Crippen molar-refractivity contribution in [2.24, 2.45) is 0 Å². The number of nitrogens with zero attached hydrogens (tertiary/aromatic N) is 2. The minimum Gasteiger partial charge on any atom is -0.478 e. The molecule has 1 aromatic heterocycles. The Balaban J connectivity index is 2.10. The standard InChI is InChI=1S/C14H10ClFN2O2/c15-12-6-11(17-13(18-12)7-1-2-7)8-3-9(14(19)20)5-10(16)4-8/h3-7H,1-2H2,(H,19,20). The summed E-state index contributed by atoms with van der Waals surface area (Å²) in [5.41, 5.74) is 0.699. The normalized spacial score (nSPS) is 14.3. The number of carbonyl (C=O) groups is 1. The third-order valence-corrected chi connectivity index (χ3v) is 3.29. The van der Waals surface area contributed by atoms with E-state index in [0.717, 1.165) is 18.9 Å². The molecule has 1 fully saturated rings. The molecule has 1 aromatic carbocycles. The lowest BCUT2D eigenvalue weighted by Crippen LogP contribution is -2.00. The van der Waals surface area contributed by atoms with Gasteiger partial charge in [-0.1, -0.05) is 11.6 Å². The van der Waals surface area contributed by atoms with Crippen molar-refractivity contribution in [3.63, 3.8) is 0 Å². The summed E-state index contributed by atoms with van der Waals surface area (Å²) in [6.07, 6.45) is 2.03. The van der Waals surface area contributed by atoms with Gasteiger partial charge in [0.1, 0.15) is 16.8 Å². The third kappa shape index (κ3) is 2.63. The van der Waals surface area contributed by atoms with Gasteiger partial charge in [-0.15, -0.1) is 0 Å². The summed E-state index contributed by atoms with van der Waals surface area (Å²) in [7, 11) is 0. The van der Waals surface area contributed by atoms with Crippen molar-refractivity contribution in [3.05, 3.63) is 46.6 Å². The van der Waals surface area contributed by atoms with Crippen LogP contribution in [0.2, 0.25) is 5.15 Å². The highest BCUT2D eigenvalue weighted by Gasteiger charge is 2.27. The molecule has 0 unspecified atom stereocenters. The van der Waals surface area contributed by atoms with E-state index in [2.05, 4.69) is 9.97 Å². The van der Waals surface area contributed by atoms with Crippen molar-refractivity contribution < 1.29 is 14.3 Å². The summed E-state index contributed by atoms with van der Waals surface area (Å²) in [6.45, 7) is 0. The Morgan fingerprint density at radius 2 is 2.00 bits per heavy atom.